The molecule has 0 bridgehead atoms. The molecule has 0 atom stereocenters. The lowest BCUT2D eigenvalue weighted by atomic mass is 9.77. The number of aliphatic carboxylic acids is 1. The number of para-hydroxylation sites is 2. The zero-order chi connectivity index (χ0) is 14.4. The van der Waals surface area contributed by atoms with Crippen molar-refractivity contribution in [3.63, 3.8) is 0 Å². The maximum absolute atomic E-state index is 11.5. The highest BCUT2D eigenvalue weighted by Gasteiger charge is 2.39. The van der Waals surface area contributed by atoms with Crippen molar-refractivity contribution in [1.82, 2.24) is 0 Å². The number of ether oxygens (including phenoxy) is 3. The maximum atomic E-state index is 11.5. The first-order chi connectivity index (χ1) is 9.68. The van der Waals surface area contributed by atoms with Crippen LogP contribution in [-0.2, 0) is 9.53 Å². The highest BCUT2D eigenvalue weighted by molar-refractivity contribution is 5.74. The molecule has 0 aliphatic carbocycles. The second-order valence-electron chi connectivity index (χ2n) is 4.95. The molecule has 1 N–H and O–H groups in total. The molecule has 1 aromatic carbocycles. The number of methoxy groups -OCH3 is 1. The van der Waals surface area contributed by atoms with Crippen LogP contribution in [-0.4, -0.2) is 38.0 Å². The molecule has 0 unspecified atom stereocenters. The van der Waals surface area contributed by atoms with Gasteiger partial charge in [-0.3, -0.25) is 4.79 Å². The molecule has 1 aliphatic heterocycles. The number of hydrogen-bond donors (Lipinski definition) is 1. The monoisotopic (exact) mass is 280 g/mol. The third-order valence-electron chi connectivity index (χ3n) is 3.81. The Morgan fingerprint density at radius 3 is 2.55 bits per heavy atom. The van der Waals surface area contributed by atoms with E-state index < -0.39 is 11.4 Å². The Kier molecular flexibility index (Phi) is 4.84. The smallest absolute Gasteiger partial charge is 0.309 e. The summed E-state index contributed by atoms with van der Waals surface area (Å²) in [7, 11) is 1.58. The summed E-state index contributed by atoms with van der Waals surface area (Å²) in [4.78, 5) is 11.5. The molecule has 5 nitrogen and oxygen atoms in total. The van der Waals surface area contributed by atoms with Crippen molar-refractivity contribution >= 4 is 5.97 Å². The molecule has 5 heteroatoms. The van der Waals surface area contributed by atoms with Gasteiger partial charge in [0.15, 0.2) is 11.5 Å². The minimum absolute atomic E-state index is 0.354. The number of benzene rings is 1. The van der Waals surface area contributed by atoms with E-state index in [4.69, 9.17) is 14.2 Å². The lowest BCUT2D eigenvalue weighted by Gasteiger charge is -2.32. The van der Waals surface area contributed by atoms with Crippen molar-refractivity contribution in [2.45, 2.75) is 19.3 Å². The first-order valence-corrected chi connectivity index (χ1v) is 6.75. The van der Waals surface area contributed by atoms with E-state index >= 15 is 0 Å². The largest absolute Gasteiger partial charge is 0.493 e. The molecule has 1 fully saturated rings. The summed E-state index contributed by atoms with van der Waals surface area (Å²) >= 11 is 0. The number of carboxylic acids is 1. The predicted molar refractivity (Wildman–Crippen MR) is 73.2 cm³/mol. The summed E-state index contributed by atoms with van der Waals surface area (Å²) in [5.74, 6) is 0.538. The van der Waals surface area contributed by atoms with Crippen LogP contribution in [0.5, 0.6) is 11.5 Å². The first-order valence-electron chi connectivity index (χ1n) is 6.75. The average Bonchev–Trinajstić information content (AvgIpc) is 2.48. The van der Waals surface area contributed by atoms with Crippen molar-refractivity contribution in [1.29, 1.82) is 0 Å². The number of rotatable bonds is 6. The van der Waals surface area contributed by atoms with Crippen LogP contribution in [0.2, 0.25) is 0 Å². The predicted octanol–water partition coefficient (Wildman–Crippen LogP) is 2.35. The topological polar surface area (TPSA) is 65.0 Å². The molecular formula is C15H20O5. The molecule has 0 spiro atoms. The van der Waals surface area contributed by atoms with E-state index in [1.807, 2.05) is 24.3 Å². The Balaban J connectivity index is 1.95. The molecular weight excluding hydrogens is 260 g/mol. The summed E-state index contributed by atoms with van der Waals surface area (Å²) in [5.41, 5.74) is -0.722. The number of carbonyl (C=O) groups is 1. The Hall–Kier alpha value is -1.75. The van der Waals surface area contributed by atoms with Crippen LogP contribution in [0.15, 0.2) is 24.3 Å². The molecule has 2 rings (SSSR count). The van der Waals surface area contributed by atoms with Crippen LogP contribution in [0.3, 0.4) is 0 Å². The summed E-state index contributed by atoms with van der Waals surface area (Å²) in [6, 6.07) is 7.36. The van der Waals surface area contributed by atoms with Gasteiger partial charge in [0.25, 0.3) is 0 Å². The lowest BCUT2D eigenvalue weighted by Crippen LogP contribution is -2.38. The molecule has 0 aromatic heterocycles. The standard InChI is InChI=1S/C15H20O5/c1-18-12-4-2-3-5-13(12)20-11-8-15(14(16)17)6-9-19-10-7-15/h2-5H,6-11H2,1H3,(H,16,17). The van der Waals surface area contributed by atoms with Gasteiger partial charge in [0, 0.05) is 13.2 Å². The average molecular weight is 280 g/mol. The SMILES string of the molecule is COc1ccccc1OCCC1(C(=O)O)CCOCC1. The highest BCUT2D eigenvalue weighted by atomic mass is 16.5. The Bertz CT molecular complexity index is 451. The number of hydrogen-bond acceptors (Lipinski definition) is 4. The lowest BCUT2D eigenvalue weighted by molar-refractivity contribution is -0.156. The second kappa shape index (κ2) is 6.61. The van der Waals surface area contributed by atoms with Gasteiger partial charge in [0.2, 0.25) is 0 Å². The van der Waals surface area contributed by atoms with Crippen molar-refractivity contribution in [2.75, 3.05) is 26.9 Å². The van der Waals surface area contributed by atoms with Crippen LogP contribution in [0.4, 0.5) is 0 Å². The van der Waals surface area contributed by atoms with Crippen LogP contribution in [0, 0.1) is 5.41 Å². The molecule has 0 saturated carbocycles. The van der Waals surface area contributed by atoms with Crippen LogP contribution < -0.4 is 9.47 Å². The van der Waals surface area contributed by atoms with Crippen LogP contribution in [0.25, 0.3) is 0 Å². The van der Waals surface area contributed by atoms with E-state index in [0.717, 1.165) is 0 Å². The van der Waals surface area contributed by atoms with Gasteiger partial charge in [-0.15, -0.1) is 0 Å². The Morgan fingerprint density at radius 1 is 1.30 bits per heavy atom. The molecule has 0 radical (unpaired) electrons. The fraction of sp³-hybridized carbons (Fsp3) is 0.533. The van der Waals surface area contributed by atoms with Gasteiger partial charge < -0.3 is 19.3 Å². The minimum Gasteiger partial charge on any atom is -0.493 e. The minimum atomic E-state index is -0.760. The summed E-state index contributed by atoms with van der Waals surface area (Å²) in [6.45, 7) is 1.36. The fourth-order valence-electron chi connectivity index (χ4n) is 2.43. The molecule has 1 aromatic rings. The van der Waals surface area contributed by atoms with Crippen molar-refractivity contribution in [3.05, 3.63) is 24.3 Å². The fourth-order valence-corrected chi connectivity index (χ4v) is 2.43. The van der Waals surface area contributed by atoms with E-state index in [0.29, 0.717) is 50.6 Å². The third kappa shape index (κ3) is 3.22. The molecule has 110 valence electrons. The van der Waals surface area contributed by atoms with E-state index in [-0.39, 0.29) is 0 Å². The van der Waals surface area contributed by atoms with Gasteiger partial charge in [-0.2, -0.15) is 0 Å². The normalized spacial score (nSPS) is 17.4. The zero-order valence-electron chi connectivity index (χ0n) is 11.6. The summed E-state index contributed by atoms with van der Waals surface area (Å²) in [6.07, 6.45) is 1.55. The summed E-state index contributed by atoms with van der Waals surface area (Å²) in [5, 5.41) is 9.45. The van der Waals surface area contributed by atoms with E-state index in [9.17, 15) is 9.90 Å². The molecule has 1 saturated heterocycles. The van der Waals surface area contributed by atoms with E-state index in [1.165, 1.54) is 0 Å². The zero-order valence-corrected chi connectivity index (χ0v) is 11.6. The van der Waals surface area contributed by atoms with Gasteiger partial charge in [0.1, 0.15) is 0 Å². The van der Waals surface area contributed by atoms with Gasteiger partial charge in [-0.1, -0.05) is 12.1 Å². The Labute approximate surface area is 118 Å². The van der Waals surface area contributed by atoms with Gasteiger partial charge >= 0.3 is 5.97 Å². The molecule has 1 aliphatic rings. The van der Waals surface area contributed by atoms with Gasteiger partial charge in [0.05, 0.1) is 19.1 Å². The van der Waals surface area contributed by atoms with E-state index in [1.54, 1.807) is 7.11 Å². The maximum Gasteiger partial charge on any atom is 0.309 e. The van der Waals surface area contributed by atoms with Crippen LogP contribution >= 0.6 is 0 Å². The molecule has 1 heterocycles. The van der Waals surface area contributed by atoms with Gasteiger partial charge in [-0.25, -0.2) is 0 Å². The summed E-state index contributed by atoms with van der Waals surface area (Å²) < 4.78 is 16.1. The molecule has 20 heavy (non-hydrogen) atoms. The third-order valence-corrected chi connectivity index (χ3v) is 3.81. The number of carboxylic acid groups (broad SMARTS) is 1. The second-order valence-corrected chi connectivity index (χ2v) is 4.95. The quantitative estimate of drug-likeness (QED) is 0.866. The van der Waals surface area contributed by atoms with Gasteiger partial charge in [-0.05, 0) is 31.4 Å². The van der Waals surface area contributed by atoms with Crippen molar-refractivity contribution < 1.29 is 24.1 Å². The molecule has 0 amide bonds. The van der Waals surface area contributed by atoms with Crippen molar-refractivity contribution in [2.24, 2.45) is 5.41 Å². The van der Waals surface area contributed by atoms with Crippen molar-refractivity contribution in [3.8, 4) is 11.5 Å². The highest BCUT2D eigenvalue weighted by Crippen LogP contribution is 2.35. The van der Waals surface area contributed by atoms with Crippen LogP contribution in [0.1, 0.15) is 19.3 Å². The first kappa shape index (κ1) is 14.7. The van der Waals surface area contributed by atoms with E-state index in [2.05, 4.69) is 0 Å². The Morgan fingerprint density at radius 2 is 1.95 bits per heavy atom.